The molecule has 0 bridgehead atoms. The van der Waals surface area contributed by atoms with E-state index in [2.05, 4.69) is 20.3 Å². The second-order valence-electron chi connectivity index (χ2n) is 4.39. The predicted molar refractivity (Wildman–Crippen MR) is 78.7 cm³/mol. The number of hydrogen-bond acceptors (Lipinski definition) is 6. The number of aromatic amines is 1. The highest BCUT2D eigenvalue weighted by Gasteiger charge is 2.12. The zero-order valence-electron chi connectivity index (χ0n) is 11.7. The van der Waals surface area contributed by atoms with Crippen LogP contribution in [0.1, 0.15) is 24.6 Å². The van der Waals surface area contributed by atoms with E-state index in [1.165, 1.54) is 11.8 Å². The van der Waals surface area contributed by atoms with Crippen LogP contribution >= 0.6 is 11.8 Å². The fraction of sp³-hybridized carbons (Fsp3) is 0.333. The largest absolute Gasteiger partial charge is 0.409 e. The van der Waals surface area contributed by atoms with Crippen molar-refractivity contribution in [1.29, 1.82) is 0 Å². The summed E-state index contributed by atoms with van der Waals surface area (Å²) in [5.41, 5.74) is 6.63. The summed E-state index contributed by atoms with van der Waals surface area (Å²) < 4.78 is 1.55. The monoisotopic (exact) mass is 308 g/mol. The molecule has 112 valence electrons. The lowest BCUT2D eigenvalue weighted by Gasteiger charge is -2.06. The smallest absolute Gasteiger partial charge is 0.343 e. The van der Waals surface area contributed by atoms with Gasteiger partial charge in [0.05, 0.1) is 0 Å². The third-order valence-corrected chi connectivity index (χ3v) is 3.61. The van der Waals surface area contributed by atoms with Gasteiger partial charge >= 0.3 is 5.69 Å². The summed E-state index contributed by atoms with van der Waals surface area (Å²) in [6.07, 6.45) is 0.823. The summed E-state index contributed by atoms with van der Waals surface area (Å²) in [7, 11) is 0. The van der Waals surface area contributed by atoms with Crippen molar-refractivity contribution in [1.82, 2.24) is 19.7 Å². The molecule has 0 spiro atoms. The highest BCUT2D eigenvalue weighted by molar-refractivity contribution is 7.99. The van der Waals surface area contributed by atoms with Gasteiger partial charge in [-0.15, -0.1) is 5.10 Å². The third-order valence-electron chi connectivity index (χ3n) is 2.70. The molecular weight excluding hydrogens is 292 g/mol. The fourth-order valence-electron chi connectivity index (χ4n) is 1.79. The van der Waals surface area contributed by atoms with E-state index >= 15 is 0 Å². The van der Waals surface area contributed by atoms with E-state index in [1.807, 2.05) is 13.8 Å². The van der Waals surface area contributed by atoms with Crippen molar-refractivity contribution < 1.29 is 5.21 Å². The molecule has 0 radical (unpaired) electrons. The molecule has 2 rings (SSSR count). The van der Waals surface area contributed by atoms with Gasteiger partial charge in [0.1, 0.15) is 5.03 Å². The Balaban J connectivity index is 2.36. The number of nitrogens with two attached hydrogens (primary N) is 1. The van der Waals surface area contributed by atoms with E-state index in [4.69, 9.17) is 10.9 Å². The van der Waals surface area contributed by atoms with E-state index in [-0.39, 0.29) is 11.5 Å². The van der Waals surface area contributed by atoms with Gasteiger partial charge in [0.15, 0.2) is 11.0 Å². The molecule has 2 heterocycles. The molecule has 0 aliphatic carbocycles. The Kier molecular flexibility index (Phi) is 4.63. The molecule has 0 aliphatic rings. The lowest BCUT2D eigenvalue weighted by molar-refractivity contribution is 0.318. The number of H-pyrrole nitrogens is 1. The van der Waals surface area contributed by atoms with Gasteiger partial charge in [-0.05, 0) is 37.2 Å². The van der Waals surface area contributed by atoms with Gasteiger partial charge in [0, 0.05) is 17.8 Å². The highest BCUT2D eigenvalue weighted by Crippen LogP contribution is 2.24. The van der Waals surface area contributed by atoms with Crippen LogP contribution in [0, 0.1) is 6.92 Å². The Labute approximate surface area is 125 Å². The Morgan fingerprint density at radius 1 is 1.57 bits per heavy atom. The van der Waals surface area contributed by atoms with Crippen molar-refractivity contribution in [2.24, 2.45) is 10.9 Å². The maximum atomic E-state index is 11.6. The lowest BCUT2D eigenvalue weighted by atomic mass is 10.2. The SMILES string of the molecule is CCCn1c(Sc2cc(/C(N)=N/O)cc(C)n2)n[nH]c1=O. The molecule has 0 amide bonds. The lowest BCUT2D eigenvalue weighted by Crippen LogP contribution is -2.17. The summed E-state index contributed by atoms with van der Waals surface area (Å²) >= 11 is 1.25. The van der Waals surface area contributed by atoms with E-state index in [9.17, 15) is 4.79 Å². The maximum absolute atomic E-state index is 11.6. The minimum absolute atomic E-state index is 0.00956. The minimum atomic E-state index is -0.247. The van der Waals surface area contributed by atoms with Gasteiger partial charge in [0.2, 0.25) is 0 Å². The minimum Gasteiger partial charge on any atom is -0.409 e. The normalized spacial score (nSPS) is 11.8. The van der Waals surface area contributed by atoms with Crippen LogP contribution in [0.3, 0.4) is 0 Å². The highest BCUT2D eigenvalue weighted by atomic mass is 32.2. The Bertz CT molecular complexity index is 721. The molecule has 0 atom stereocenters. The van der Waals surface area contributed by atoms with Gasteiger partial charge < -0.3 is 10.9 Å². The van der Waals surface area contributed by atoms with Crippen molar-refractivity contribution in [3.63, 3.8) is 0 Å². The average Bonchev–Trinajstić information content (AvgIpc) is 2.79. The summed E-state index contributed by atoms with van der Waals surface area (Å²) in [4.78, 5) is 16.0. The van der Waals surface area contributed by atoms with E-state index < -0.39 is 0 Å². The maximum Gasteiger partial charge on any atom is 0.343 e. The van der Waals surface area contributed by atoms with Crippen LogP contribution in [-0.2, 0) is 6.54 Å². The van der Waals surface area contributed by atoms with Crippen LogP contribution in [0.5, 0.6) is 0 Å². The van der Waals surface area contributed by atoms with Crippen LogP contribution in [0.2, 0.25) is 0 Å². The molecular formula is C12H16N6O2S. The molecule has 0 fully saturated rings. The molecule has 9 heteroatoms. The Morgan fingerprint density at radius 3 is 3.00 bits per heavy atom. The molecule has 2 aromatic rings. The number of nitrogens with zero attached hydrogens (tertiary/aromatic N) is 4. The summed E-state index contributed by atoms with van der Waals surface area (Å²) in [6.45, 7) is 4.37. The van der Waals surface area contributed by atoms with Gasteiger partial charge in [-0.1, -0.05) is 12.1 Å². The van der Waals surface area contributed by atoms with E-state index in [1.54, 1.807) is 16.7 Å². The van der Waals surface area contributed by atoms with Crippen LogP contribution < -0.4 is 11.4 Å². The molecule has 0 unspecified atom stereocenters. The Morgan fingerprint density at radius 2 is 2.33 bits per heavy atom. The van der Waals surface area contributed by atoms with Crippen LogP contribution in [0.25, 0.3) is 0 Å². The second-order valence-corrected chi connectivity index (χ2v) is 5.37. The molecule has 21 heavy (non-hydrogen) atoms. The number of aryl methyl sites for hydroxylation is 1. The van der Waals surface area contributed by atoms with Crippen molar-refractivity contribution in [2.45, 2.75) is 37.0 Å². The van der Waals surface area contributed by atoms with Gasteiger partial charge in [0.25, 0.3) is 0 Å². The molecule has 0 aromatic carbocycles. The average molecular weight is 308 g/mol. The molecule has 8 nitrogen and oxygen atoms in total. The first-order valence-electron chi connectivity index (χ1n) is 6.34. The first-order chi connectivity index (χ1) is 10.0. The van der Waals surface area contributed by atoms with E-state index in [0.29, 0.717) is 22.3 Å². The van der Waals surface area contributed by atoms with Crippen molar-refractivity contribution in [3.8, 4) is 0 Å². The van der Waals surface area contributed by atoms with Gasteiger partial charge in [-0.2, -0.15) is 0 Å². The summed E-state index contributed by atoms with van der Waals surface area (Å²) in [6, 6.07) is 3.39. The molecule has 0 saturated heterocycles. The quantitative estimate of drug-likeness (QED) is 0.327. The summed E-state index contributed by atoms with van der Waals surface area (Å²) in [5, 5.41) is 19.3. The number of amidine groups is 1. The molecule has 2 aromatic heterocycles. The number of hydrogen-bond donors (Lipinski definition) is 3. The number of rotatable bonds is 5. The van der Waals surface area contributed by atoms with Crippen LogP contribution in [0.15, 0.2) is 32.3 Å². The van der Waals surface area contributed by atoms with E-state index in [0.717, 1.165) is 12.1 Å². The second kappa shape index (κ2) is 6.44. The number of pyridine rings is 1. The van der Waals surface area contributed by atoms with Crippen molar-refractivity contribution >= 4 is 17.6 Å². The number of oxime groups is 1. The van der Waals surface area contributed by atoms with Gasteiger partial charge in [-0.25, -0.2) is 14.9 Å². The molecule has 0 saturated carbocycles. The van der Waals surface area contributed by atoms with Crippen LogP contribution in [0.4, 0.5) is 0 Å². The zero-order valence-corrected chi connectivity index (χ0v) is 12.5. The van der Waals surface area contributed by atoms with Crippen molar-refractivity contribution in [2.75, 3.05) is 0 Å². The standard InChI is InChI=1S/C12H16N6O2S/c1-3-4-18-11(19)15-16-12(18)21-9-6-8(10(13)17-20)5-7(2)14-9/h5-6,20H,3-4H2,1-2H3,(H2,13,17)(H,15,19). The number of aromatic nitrogens is 4. The molecule has 4 N–H and O–H groups in total. The predicted octanol–water partition coefficient (Wildman–Crippen LogP) is 0.931. The first-order valence-corrected chi connectivity index (χ1v) is 7.16. The molecule has 0 aliphatic heterocycles. The van der Waals surface area contributed by atoms with Crippen molar-refractivity contribution in [3.05, 3.63) is 33.9 Å². The van der Waals surface area contributed by atoms with Gasteiger partial charge in [-0.3, -0.25) is 4.57 Å². The first kappa shape index (κ1) is 15.1. The Hall–Kier alpha value is -2.29. The van der Waals surface area contributed by atoms with Crippen LogP contribution in [-0.4, -0.2) is 30.8 Å². The topological polar surface area (TPSA) is 122 Å². The third kappa shape index (κ3) is 3.43. The zero-order chi connectivity index (χ0) is 15.4. The number of nitrogens with one attached hydrogen (secondary N) is 1. The fourth-order valence-corrected chi connectivity index (χ4v) is 2.73. The summed E-state index contributed by atoms with van der Waals surface area (Å²) in [5.74, 6) is 0.00956.